The van der Waals surface area contributed by atoms with E-state index in [1.54, 1.807) is 10.7 Å². The monoisotopic (exact) mass is 309 g/mol. The van der Waals surface area contributed by atoms with E-state index in [0.29, 0.717) is 12.4 Å². The molecule has 0 unspecified atom stereocenters. The smallest absolute Gasteiger partial charge is 0.291 e. The topological polar surface area (TPSA) is 81.4 Å². The summed E-state index contributed by atoms with van der Waals surface area (Å²) in [6.07, 6.45) is 2.37. The second-order valence-electron chi connectivity index (χ2n) is 5.53. The standard InChI is InChI=1S/C16H15N5O2/c1-10-6-7-17-16-19-14(20-21(10)16)15(22)18-12-8-11-4-2-3-5-13(11)23-9-12/h2-7,12H,8-9H2,1H3,(H,18,22)/t12-/m1/s1. The summed E-state index contributed by atoms with van der Waals surface area (Å²) in [5, 5.41) is 7.14. The number of hydrogen-bond acceptors (Lipinski definition) is 5. The Morgan fingerprint density at radius 1 is 1.35 bits per heavy atom. The van der Waals surface area contributed by atoms with Crippen LogP contribution in [0.1, 0.15) is 21.9 Å². The van der Waals surface area contributed by atoms with Crippen LogP contribution in [0.15, 0.2) is 36.5 Å². The van der Waals surface area contributed by atoms with E-state index in [-0.39, 0.29) is 17.8 Å². The molecule has 116 valence electrons. The number of fused-ring (bicyclic) bond motifs is 2. The minimum atomic E-state index is -0.317. The van der Waals surface area contributed by atoms with Gasteiger partial charge in [0.1, 0.15) is 12.4 Å². The molecule has 1 aliphatic heterocycles. The zero-order valence-electron chi connectivity index (χ0n) is 12.6. The Morgan fingerprint density at radius 3 is 3.09 bits per heavy atom. The van der Waals surface area contributed by atoms with Gasteiger partial charge in [-0.05, 0) is 31.0 Å². The molecule has 0 aliphatic carbocycles. The summed E-state index contributed by atoms with van der Waals surface area (Å²) in [5.74, 6) is 1.10. The Hall–Kier alpha value is -2.96. The van der Waals surface area contributed by atoms with Crippen LogP contribution in [-0.2, 0) is 6.42 Å². The number of rotatable bonds is 2. The van der Waals surface area contributed by atoms with Crippen molar-refractivity contribution in [3.8, 4) is 5.75 Å². The van der Waals surface area contributed by atoms with Crippen molar-refractivity contribution in [3.05, 3.63) is 53.6 Å². The maximum atomic E-state index is 12.4. The Morgan fingerprint density at radius 2 is 2.22 bits per heavy atom. The van der Waals surface area contributed by atoms with Crippen LogP contribution in [0.5, 0.6) is 5.75 Å². The predicted octanol–water partition coefficient (Wildman–Crippen LogP) is 1.17. The molecule has 23 heavy (non-hydrogen) atoms. The fourth-order valence-corrected chi connectivity index (χ4v) is 2.67. The summed E-state index contributed by atoms with van der Waals surface area (Å²) in [6, 6.07) is 9.56. The highest BCUT2D eigenvalue weighted by Crippen LogP contribution is 2.23. The normalized spacial score (nSPS) is 16.7. The van der Waals surface area contributed by atoms with Gasteiger partial charge >= 0.3 is 0 Å². The van der Waals surface area contributed by atoms with E-state index in [1.165, 1.54) is 0 Å². The fourth-order valence-electron chi connectivity index (χ4n) is 2.67. The maximum absolute atomic E-state index is 12.4. The lowest BCUT2D eigenvalue weighted by Gasteiger charge is -2.25. The van der Waals surface area contributed by atoms with Gasteiger partial charge in [0.05, 0.1) is 6.04 Å². The molecular weight excluding hydrogens is 294 g/mol. The van der Waals surface area contributed by atoms with E-state index in [1.807, 2.05) is 37.3 Å². The van der Waals surface area contributed by atoms with Crippen molar-refractivity contribution in [1.82, 2.24) is 24.9 Å². The molecule has 0 radical (unpaired) electrons. The van der Waals surface area contributed by atoms with E-state index < -0.39 is 0 Å². The molecule has 0 spiro atoms. The first kappa shape index (κ1) is 13.7. The summed E-state index contributed by atoms with van der Waals surface area (Å²) < 4.78 is 7.23. The minimum absolute atomic E-state index is 0.0990. The Balaban J connectivity index is 1.52. The molecule has 0 saturated heterocycles. The van der Waals surface area contributed by atoms with E-state index in [9.17, 15) is 4.79 Å². The molecule has 7 heteroatoms. The SMILES string of the molecule is Cc1ccnc2nc(C(=O)N[C@H]3COc4ccccc4C3)nn12. The third-order valence-corrected chi connectivity index (χ3v) is 3.85. The number of aromatic nitrogens is 4. The Labute approximate surface area is 132 Å². The summed E-state index contributed by atoms with van der Waals surface area (Å²) >= 11 is 0. The Bertz CT molecular complexity index is 889. The van der Waals surface area contributed by atoms with Gasteiger partial charge in [0.25, 0.3) is 11.7 Å². The molecule has 3 aromatic rings. The minimum Gasteiger partial charge on any atom is -0.491 e. The fraction of sp³-hybridized carbons (Fsp3) is 0.250. The van der Waals surface area contributed by atoms with Gasteiger partial charge in [0.15, 0.2) is 0 Å². The third-order valence-electron chi connectivity index (χ3n) is 3.85. The quantitative estimate of drug-likeness (QED) is 0.768. The van der Waals surface area contributed by atoms with E-state index >= 15 is 0 Å². The average molecular weight is 309 g/mol. The molecule has 2 aromatic heterocycles. The molecular formula is C16H15N5O2. The highest BCUT2D eigenvalue weighted by Gasteiger charge is 2.23. The van der Waals surface area contributed by atoms with Crippen molar-refractivity contribution >= 4 is 11.7 Å². The van der Waals surface area contributed by atoms with Crippen LogP contribution in [0.2, 0.25) is 0 Å². The Kier molecular flexibility index (Phi) is 3.18. The molecule has 3 heterocycles. The van der Waals surface area contributed by atoms with E-state index in [2.05, 4.69) is 20.4 Å². The van der Waals surface area contributed by atoms with Crippen LogP contribution in [0.25, 0.3) is 5.78 Å². The van der Waals surface area contributed by atoms with Crippen LogP contribution in [-0.4, -0.2) is 38.1 Å². The van der Waals surface area contributed by atoms with Gasteiger partial charge in [0, 0.05) is 11.9 Å². The van der Waals surface area contributed by atoms with Crippen LogP contribution in [0.4, 0.5) is 0 Å². The number of carbonyl (C=O) groups is 1. The lowest BCUT2D eigenvalue weighted by molar-refractivity contribution is 0.0905. The number of amides is 1. The highest BCUT2D eigenvalue weighted by molar-refractivity contribution is 5.91. The number of para-hydroxylation sites is 1. The van der Waals surface area contributed by atoms with Crippen LogP contribution < -0.4 is 10.1 Å². The molecule has 1 aromatic carbocycles. The van der Waals surface area contributed by atoms with Crippen molar-refractivity contribution in [2.75, 3.05) is 6.61 Å². The second kappa shape index (κ2) is 5.35. The van der Waals surface area contributed by atoms with Crippen molar-refractivity contribution in [3.63, 3.8) is 0 Å². The summed E-state index contributed by atoms with van der Waals surface area (Å²) in [7, 11) is 0. The van der Waals surface area contributed by atoms with Crippen molar-refractivity contribution < 1.29 is 9.53 Å². The first-order valence-electron chi connectivity index (χ1n) is 7.40. The first-order chi connectivity index (χ1) is 11.2. The maximum Gasteiger partial charge on any atom is 0.291 e. The predicted molar refractivity (Wildman–Crippen MR) is 82.4 cm³/mol. The molecule has 7 nitrogen and oxygen atoms in total. The number of benzene rings is 1. The summed E-state index contributed by atoms with van der Waals surface area (Å²) in [5.41, 5.74) is 1.96. The van der Waals surface area contributed by atoms with Crippen molar-refractivity contribution in [1.29, 1.82) is 0 Å². The van der Waals surface area contributed by atoms with Gasteiger partial charge < -0.3 is 10.1 Å². The van der Waals surface area contributed by atoms with Crippen molar-refractivity contribution in [2.24, 2.45) is 0 Å². The lowest BCUT2D eigenvalue weighted by Crippen LogP contribution is -2.43. The molecule has 1 N–H and O–H groups in total. The molecule has 1 atom stereocenters. The first-order valence-corrected chi connectivity index (χ1v) is 7.40. The van der Waals surface area contributed by atoms with Crippen LogP contribution in [0.3, 0.4) is 0 Å². The zero-order valence-corrected chi connectivity index (χ0v) is 12.6. The molecule has 1 amide bonds. The van der Waals surface area contributed by atoms with Gasteiger partial charge in [-0.1, -0.05) is 18.2 Å². The number of aryl methyl sites for hydroxylation is 1. The third kappa shape index (κ3) is 2.50. The number of ether oxygens (including phenoxy) is 1. The van der Waals surface area contributed by atoms with E-state index in [0.717, 1.165) is 23.4 Å². The van der Waals surface area contributed by atoms with Crippen molar-refractivity contribution in [2.45, 2.75) is 19.4 Å². The van der Waals surface area contributed by atoms with Gasteiger partial charge in [-0.25, -0.2) is 9.50 Å². The zero-order chi connectivity index (χ0) is 15.8. The number of carbonyl (C=O) groups excluding carboxylic acids is 1. The van der Waals surface area contributed by atoms with Gasteiger partial charge in [-0.2, -0.15) is 4.98 Å². The van der Waals surface area contributed by atoms with Gasteiger partial charge in [-0.15, -0.1) is 5.10 Å². The number of hydrogen-bond donors (Lipinski definition) is 1. The van der Waals surface area contributed by atoms with Crippen LogP contribution >= 0.6 is 0 Å². The molecule has 0 fully saturated rings. The number of nitrogens with zero attached hydrogens (tertiary/aromatic N) is 4. The molecule has 0 bridgehead atoms. The average Bonchev–Trinajstić information content (AvgIpc) is 3.01. The molecule has 1 aliphatic rings. The second-order valence-corrected chi connectivity index (χ2v) is 5.53. The van der Waals surface area contributed by atoms with Crippen LogP contribution in [0, 0.1) is 6.92 Å². The summed E-state index contributed by atoms with van der Waals surface area (Å²) in [4.78, 5) is 20.7. The largest absolute Gasteiger partial charge is 0.491 e. The highest BCUT2D eigenvalue weighted by atomic mass is 16.5. The van der Waals surface area contributed by atoms with Gasteiger partial charge in [-0.3, -0.25) is 4.79 Å². The number of nitrogens with one attached hydrogen (secondary N) is 1. The van der Waals surface area contributed by atoms with E-state index in [4.69, 9.17) is 4.74 Å². The molecule has 4 rings (SSSR count). The lowest BCUT2D eigenvalue weighted by atomic mass is 10.0. The molecule has 0 saturated carbocycles. The van der Waals surface area contributed by atoms with Gasteiger partial charge in [0.2, 0.25) is 5.82 Å². The summed E-state index contributed by atoms with van der Waals surface area (Å²) in [6.45, 7) is 2.32.